The predicted octanol–water partition coefficient (Wildman–Crippen LogP) is 0.486. The second-order valence-corrected chi connectivity index (χ2v) is 3.21. The number of amides is 1. The first-order valence-corrected chi connectivity index (χ1v) is 4.11. The van der Waals surface area contributed by atoms with Gasteiger partial charge in [0.2, 0.25) is 5.91 Å². The largest absolute Gasteiger partial charge is 0.356 e. The lowest BCUT2D eigenvalue weighted by Crippen LogP contribution is -2.19. The molecule has 12 heavy (non-hydrogen) atoms. The highest BCUT2D eigenvalue weighted by molar-refractivity contribution is 5.87. The fraction of sp³-hybridized carbons (Fsp3) is 0.667. The Morgan fingerprint density at radius 2 is 2.17 bits per heavy atom. The van der Waals surface area contributed by atoms with Crippen molar-refractivity contribution >= 4 is 5.91 Å². The van der Waals surface area contributed by atoms with Crippen LogP contribution in [0.5, 0.6) is 0 Å². The zero-order chi connectivity index (χ0) is 9.56. The lowest BCUT2D eigenvalue weighted by molar-refractivity contribution is -0.116. The monoisotopic (exact) mass is 170 g/mol. The first kappa shape index (κ1) is 11.2. The van der Waals surface area contributed by atoms with Gasteiger partial charge in [-0.1, -0.05) is 13.0 Å². The molecule has 0 aromatic heterocycles. The Hall–Kier alpha value is -0.830. The molecule has 1 N–H and O–H groups in total. The van der Waals surface area contributed by atoms with Gasteiger partial charge in [0.25, 0.3) is 0 Å². The highest BCUT2D eigenvalue weighted by Gasteiger charge is 1.98. The van der Waals surface area contributed by atoms with Gasteiger partial charge < -0.3 is 10.2 Å². The van der Waals surface area contributed by atoms with E-state index in [1.165, 1.54) is 0 Å². The quantitative estimate of drug-likeness (QED) is 0.623. The lowest BCUT2D eigenvalue weighted by Gasteiger charge is -2.12. The molecule has 1 atom stereocenters. The van der Waals surface area contributed by atoms with Gasteiger partial charge in [-0.2, -0.15) is 0 Å². The summed E-state index contributed by atoms with van der Waals surface area (Å²) in [6.45, 7) is 3.05. The summed E-state index contributed by atoms with van der Waals surface area (Å²) >= 11 is 0. The van der Waals surface area contributed by atoms with Crippen LogP contribution in [-0.2, 0) is 4.79 Å². The number of carbonyl (C=O) groups is 1. The molecule has 0 rings (SSSR count). The van der Waals surface area contributed by atoms with Gasteiger partial charge in [0.1, 0.15) is 0 Å². The average molecular weight is 170 g/mol. The van der Waals surface area contributed by atoms with E-state index in [-0.39, 0.29) is 5.91 Å². The van der Waals surface area contributed by atoms with Gasteiger partial charge in [-0.3, -0.25) is 4.79 Å². The fourth-order valence-electron chi connectivity index (χ4n) is 0.972. The molecule has 0 aliphatic heterocycles. The van der Waals surface area contributed by atoms with E-state index in [9.17, 15) is 4.79 Å². The third-order valence-electron chi connectivity index (χ3n) is 1.48. The number of nitrogens with zero attached hydrogens (tertiary/aromatic N) is 1. The molecule has 0 aromatic carbocycles. The van der Waals surface area contributed by atoms with Crippen molar-refractivity contribution in [3.05, 3.63) is 12.2 Å². The summed E-state index contributed by atoms with van der Waals surface area (Å²) in [7, 11) is 5.66. The van der Waals surface area contributed by atoms with Crippen molar-refractivity contribution in [2.75, 3.05) is 27.7 Å². The van der Waals surface area contributed by atoms with Crippen LogP contribution in [0.3, 0.4) is 0 Å². The molecule has 0 aliphatic carbocycles. The van der Waals surface area contributed by atoms with E-state index in [2.05, 4.69) is 17.1 Å². The summed E-state index contributed by atoms with van der Waals surface area (Å²) in [4.78, 5) is 12.9. The van der Waals surface area contributed by atoms with Gasteiger partial charge >= 0.3 is 0 Å². The molecule has 0 spiro atoms. The second-order valence-electron chi connectivity index (χ2n) is 3.21. The van der Waals surface area contributed by atoms with Crippen molar-refractivity contribution in [1.82, 2.24) is 10.2 Å². The zero-order valence-corrected chi connectivity index (χ0v) is 8.29. The number of rotatable bonds is 4. The standard InChI is InChI=1S/C9H18N2O/c1-8(7-11(3)4)5-6-9(12)10-2/h5-6,8H,7H2,1-4H3,(H,10,12). The van der Waals surface area contributed by atoms with E-state index in [1.807, 2.05) is 20.2 Å². The van der Waals surface area contributed by atoms with E-state index >= 15 is 0 Å². The number of hydrogen-bond acceptors (Lipinski definition) is 2. The van der Waals surface area contributed by atoms with Gasteiger partial charge in [-0.15, -0.1) is 0 Å². The van der Waals surface area contributed by atoms with Crippen molar-refractivity contribution in [3.63, 3.8) is 0 Å². The Balaban J connectivity index is 3.74. The summed E-state index contributed by atoms with van der Waals surface area (Å²) in [5.41, 5.74) is 0. The molecule has 1 amide bonds. The molecule has 0 aromatic rings. The molecular weight excluding hydrogens is 152 g/mol. The average Bonchev–Trinajstić information content (AvgIpc) is 1.99. The number of carbonyl (C=O) groups excluding carboxylic acids is 1. The summed E-state index contributed by atoms with van der Waals surface area (Å²) in [5, 5.41) is 2.53. The number of nitrogens with one attached hydrogen (secondary N) is 1. The molecule has 0 saturated heterocycles. The van der Waals surface area contributed by atoms with Crippen molar-refractivity contribution < 1.29 is 4.79 Å². The van der Waals surface area contributed by atoms with Crippen LogP contribution in [0.2, 0.25) is 0 Å². The van der Waals surface area contributed by atoms with Crippen LogP contribution < -0.4 is 5.32 Å². The zero-order valence-electron chi connectivity index (χ0n) is 8.29. The van der Waals surface area contributed by atoms with E-state index in [1.54, 1.807) is 13.1 Å². The van der Waals surface area contributed by atoms with Gasteiger partial charge in [-0.05, 0) is 26.1 Å². The molecule has 0 saturated carbocycles. The number of hydrogen-bond donors (Lipinski definition) is 1. The van der Waals surface area contributed by atoms with Crippen LogP contribution in [0.1, 0.15) is 6.92 Å². The van der Waals surface area contributed by atoms with E-state index in [4.69, 9.17) is 0 Å². The lowest BCUT2D eigenvalue weighted by atomic mass is 10.1. The SMILES string of the molecule is CNC(=O)C=CC(C)CN(C)C. The topological polar surface area (TPSA) is 32.3 Å². The molecular formula is C9H18N2O. The molecule has 70 valence electrons. The molecule has 3 heteroatoms. The van der Waals surface area contributed by atoms with E-state index in [0.29, 0.717) is 5.92 Å². The maximum Gasteiger partial charge on any atom is 0.243 e. The maximum absolute atomic E-state index is 10.8. The minimum Gasteiger partial charge on any atom is -0.356 e. The van der Waals surface area contributed by atoms with Crippen molar-refractivity contribution in [2.45, 2.75) is 6.92 Å². The highest BCUT2D eigenvalue weighted by atomic mass is 16.1. The normalized spacial score (nSPS) is 13.8. The number of likely N-dealkylation sites (N-methyl/N-ethyl adjacent to an activating group) is 1. The van der Waals surface area contributed by atoms with Gasteiger partial charge in [-0.25, -0.2) is 0 Å². The van der Waals surface area contributed by atoms with Crippen LogP contribution in [-0.4, -0.2) is 38.5 Å². The first-order chi connectivity index (χ1) is 5.56. The Morgan fingerprint density at radius 1 is 1.58 bits per heavy atom. The van der Waals surface area contributed by atoms with Gasteiger partial charge in [0, 0.05) is 13.6 Å². The summed E-state index contributed by atoms with van der Waals surface area (Å²) < 4.78 is 0. The van der Waals surface area contributed by atoms with Gasteiger partial charge in [0.15, 0.2) is 0 Å². The minimum absolute atomic E-state index is 0.0411. The van der Waals surface area contributed by atoms with Crippen LogP contribution in [0.25, 0.3) is 0 Å². The van der Waals surface area contributed by atoms with Crippen LogP contribution >= 0.6 is 0 Å². The third kappa shape index (κ3) is 5.92. The van der Waals surface area contributed by atoms with Gasteiger partial charge in [0.05, 0.1) is 0 Å². The predicted molar refractivity (Wildman–Crippen MR) is 50.9 cm³/mol. The first-order valence-electron chi connectivity index (χ1n) is 4.11. The highest BCUT2D eigenvalue weighted by Crippen LogP contribution is 1.97. The Labute approximate surface area is 74.4 Å². The van der Waals surface area contributed by atoms with Crippen LogP contribution in [0, 0.1) is 5.92 Å². The molecule has 0 heterocycles. The fourth-order valence-corrected chi connectivity index (χ4v) is 0.972. The third-order valence-corrected chi connectivity index (χ3v) is 1.48. The summed E-state index contributed by atoms with van der Waals surface area (Å²) in [6, 6.07) is 0. The Morgan fingerprint density at radius 3 is 2.58 bits per heavy atom. The summed E-state index contributed by atoms with van der Waals surface area (Å²) in [5.74, 6) is 0.373. The van der Waals surface area contributed by atoms with Crippen LogP contribution in [0.4, 0.5) is 0 Å². The maximum atomic E-state index is 10.8. The van der Waals surface area contributed by atoms with E-state index in [0.717, 1.165) is 6.54 Å². The smallest absolute Gasteiger partial charge is 0.243 e. The van der Waals surface area contributed by atoms with E-state index < -0.39 is 0 Å². The van der Waals surface area contributed by atoms with Crippen molar-refractivity contribution in [3.8, 4) is 0 Å². The molecule has 0 fully saturated rings. The summed E-state index contributed by atoms with van der Waals surface area (Å²) in [6.07, 6.45) is 3.49. The van der Waals surface area contributed by atoms with Crippen LogP contribution in [0.15, 0.2) is 12.2 Å². The van der Waals surface area contributed by atoms with Crippen molar-refractivity contribution in [1.29, 1.82) is 0 Å². The minimum atomic E-state index is -0.0411. The molecule has 1 unspecified atom stereocenters. The molecule has 3 nitrogen and oxygen atoms in total. The second kappa shape index (κ2) is 5.77. The molecule has 0 radical (unpaired) electrons. The Bertz CT molecular complexity index is 164. The van der Waals surface area contributed by atoms with Crippen molar-refractivity contribution in [2.24, 2.45) is 5.92 Å². The Kier molecular flexibility index (Phi) is 5.37. The molecule has 0 bridgehead atoms. The molecule has 0 aliphatic rings.